The maximum Gasteiger partial charge on any atom is 0.349 e. The average molecular weight is 281 g/mol. The Morgan fingerprint density at radius 1 is 1.45 bits per heavy atom. The highest BCUT2D eigenvalue weighted by atomic mass is 16.6. The van der Waals surface area contributed by atoms with Crippen LogP contribution >= 0.6 is 0 Å². The molecule has 1 N–H and O–H groups in total. The quantitative estimate of drug-likeness (QED) is 0.620. The second kappa shape index (κ2) is 6.99. The molecule has 0 bridgehead atoms. The highest BCUT2D eigenvalue weighted by Gasteiger charge is 2.19. The fraction of sp³-hybridized carbons (Fsp3) is 0.667. The van der Waals surface area contributed by atoms with Crippen LogP contribution in [0.2, 0.25) is 0 Å². The van der Waals surface area contributed by atoms with E-state index in [1.165, 1.54) is 19.3 Å². The van der Waals surface area contributed by atoms with Crippen LogP contribution in [0.25, 0.3) is 0 Å². The summed E-state index contributed by atoms with van der Waals surface area (Å²) in [7, 11) is 1.65. The molecule has 1 aromatic rings. The standard InChI is InChI=1S/C12H19N5O3/c1-13-12-14-9-10(17(18)19)11(15-12)20-8-7-16-5-3-2-4-6-16/h9H,2-8H2,1H3,(H,13,14,15). The van der Waals surface area contributed by atoms with Gasteiger partial charge in [0.1, 0.15) is 12.8 Å². The summed E-state index contributed by atoms with van der Waals surface area (Å²) in [4.78, 5) is 20.5. The zero-order chi connectivity index (χ0) is 14.4. The van der Waals surface area contributed by atoms with E-state index in [0.29, 0.717) is 12.6 Å². The minimum atomic E-state index is -0.532. The molecule has 110 valence electrons. The summed E-state index contributed by atoms with van der Waals surface area (Å²) in [6, 6.07) is 0. The van der Waals surface area contributed by atoms with Gasteiger partial charge in [-0.25, -0.2) is 4.98 Å². The summed E-state index contributed by atoms with van der Waals surface area (Å²) in [6.07, 6.45) is 4.85. The Labute approximate surface area is 117 Å². The van der Waals surface area contributed by atoms with E-state index in [9.17, 15) is 10.1 Å². The lowest BCUT2D eigenvalue weighted by atomic mass is 10.1. The fourth-order valence-corrected chi connectivity index (χ4v) is 2.17. The van der Waals surface area contributed by atoms with Crippen LogP contribution in [0, 0.1) is 10.1 Å². The monoisotopic (exact) mass is 281 g/mol. The average Bonchev–Trinajstić information content (AvgIpc) is 2.48. The summed E-state index contributed by atoms with van der Waals surface area (Å²) in [5, 5.41) is 13.6. The minimum Gasteiger partial charge on any atom is -0.471 e. The van der Waals surface area contributed by atoms with Gasteiger partial charge >= 0.3 is 5.69 Å². The Kier molecular flexibility index (Phi) is 5.05. The third-order valence-electron chi connectivity index (χ3n) is 3.25. The molecule has 0 radical (unpaired) electrons. The molecule has 2 rings (SSSR count). The first kappa shape index (κ1) is 14.4. The topological polar surface area (TPSA) is 93.4 Å². The van der Waals surface area contributed by atoms with Gasteiger partial charge in [-0.3, -0.25) is 15.0 Å². The van der Waals surface area contributed by atoms with Crippen molar-refractivity contribution in [2.24, 2.45) is 0 Å². The summed E-state index contributed by atoms with van der Waals surface area (Å²) in [5.74, 6) is 0.329. The number of anilines is 1. The molecule has 0 saturated carbocycles. The molecule has 1 fully saturated rings. The number of nitrogens with zero attached hydrogens (tertiary/aromatic N) is 4. The third kappa shape index (κ3) is 3.77. The molecular formula is C12H19N5O3. The van der Waals surface area contributed by atoms with E-state index < -0.39 is 4.92 Å². The number of piperidine rings is 1. The van der Waals surface area contributed by atoms with E-state index in [1.54, 1.807) is 7.05 Å². The lowest BCUT2D eigenvalue weighted by molar-refractivity contribution is -0.386. The van der Waals surface area contributed by atoms with Gasteiger partial charge in [0.15, 0.2) is 0 Å². The molecule has 1 saturated heterocycles. The lowest BCUT2D eigenvalue weighted by Crippen LogP contribution is -2.33. The Hall–Kier alpha value is -1.96. The van der Waals surface area contributed by atoms with Crippen molar-refractivity contribution >= 4 is 11.6 Å². The van der Waals surface area contributed by atoms with Crippen molar-refractivity contribution in [2.45, 2.75) is 19.3 Å². The number of hydrogen-bond acceptors (Lipinski definition) is 7. The minimum absolute atomic E-state index is 0.0198. The van der Waals surface area contributed by atoms with Gasteiger partial charge in [0.2, 0.25) is 5.95 Å². The number of hydrogen-bond donors (Lipinski definition) is 1. The molecule has 1 aliphatic rings. The van der Waals surface area contributed by atoms with Crippen LogP contribution in [0.1, 0.15) is 19.3 Å². The van der Waals surface area contributed by atoms with Crippen LogP contribution in [-0.2, 0) is 0 Å². The van der Waals surface area contributed by atoms with Crippen molar-refractivity contribution < 1.29 is 9.66 Å². The Morgan fingerprint density at radius 3 is 2.85 bits per heavy atom. The number of nitro groups is 1. The molecule has 2 heterocycles. The van der Waals surface area contributed by atoms with Crippen LogP contribution in [0.5, 0.6) is 5.88 Å². The van der Waals surface area contributed by atoms with Gasteiger partial charge in [-0.15, -0.1) is 0 Å². The second-order valence-corrected chi connectivity index (χ2v) is 4.64. The van der Waals surface area contributed by atoms with Gasteiger partial charge in [0, 0.05) is 13.6 Å². The van der Waals surface area contributed by atoms with Crippen molar-refractivity contribution in [2.75, 3.05) is 38.6 Å². The zero-order valence-electron chi connectivity index (χ0n) is 11.5. The summed E-state index contributed by atoms with van der Waals surface area (Å²) in [6.45, 7) is 3.28. The van der Waals surface area contributed by atoms with E-state index in [2.05, 4.69) is 20.2 Å². The van der Waals surface area contributed by atoms with Gasteiger partial charge < -0.3 is 10.1 Å². The molecule has 8 heteroatoms. The molecule has 0 aromatic carbocycles. The Balaban J connectivity index is 1.94. The first-order valence-electron chi connectivity index (χ1n) is 6.75. The van der Waals surface area contributed by atoms with E-state index in [1.807, 2.05) is 0 Å². The highest BCUT2D eigenvalue weighted by molar-refractivity contribution is 5.42. The van der Waals surface area contributed by atoms with E-state index in [4.69, 9.17) is 4.74 Å². The molecule has 0 atom stereocenters. The maximum atomic E-state index is 10.9. The molecule has 20 heavy (non-hydrogen) atoms. The number of nitrogens with one attached hydrogen (secondary N) is 1. The Bertz CT molecular complexity index is 462. The predicted octanol–water partition coefficient (Wildman–Crippen LogP) is 1.29. The van der Waals surface area contributed by atoms with Gasteiger partial charge in [-0.2, -0.15) is 4.98 Å². The van der Waals surface area contributed by atoms with Crippen molar-refractivity contribution in [3.05, 3.63) is 16.3 Å². The van der Waals surface area contributed by atoms with Crippen molar-refractivity contribution in [3.8, 4) is 5.88 Å². The van der Waals surface area contributed by atoms with Crippen LogP contribution in [0.4, 0.5) is 11.6 Å². The second-order valence-electron chi connectivity index (χ2n) is 4.64. The van der Waals surface area contributed by atoms with Crippen LogP contribution in [0.3, 0.4) is 0 Å². The number of likely N-dealkylation sites (tertiary alicyclic amines) is 1. The van der Waals surface area contributed by atoms with Crippen molar-refractivity contribution in [1.29, 1.82) is 0 Å². The first-order chi connectivity index (χ1) is 9.70. The van der Waals surface area contributed by atoms with Crippen LogP contribution in [0.15, 0.2) is 6.20 Å². The highest BCUT2D eigenvalue weighted by Crippen LogP contribution is 2.24. The van der Waals surface area contributed by atoms with Gasteiger partial charge in [0.05, 0.1) is 4.92 Å². The SMILES string of the molecule is CNc1ncc([N+](=O)[O-])c(OCCN2CCCCC2)n1. The van der Waals surface area contributed by atoms with Crippen LogP contribution < -0.4 is 10.1 Å². The molecule has 0 amide bonds. The number of ether oxygens (including phenoxy) is 1. The third-order valence-corrected chi connectivity index (χ3v) is 3.25. The summed E-state index contributed by atoms with van der Waals surface area (Å²) >= 11 is 0. The normalized spacial score (nSPS) is 15.8. The van der Waals surface area contributed by atoms with Gasteiger partial charge in [0.25, 0.3) is 5.88 Å². The summed E-state index contributed by atoms with van der Waals surface area (Å²) < 4.78 is 5.47. The smallest absolute Gasteiger partial charge is 0.349 e. The summed E-state index contributed by atoms with van der Waals surface area (Å²) in [5.41, 5.74) is -0.206. The number of aromatic nitrogens is 2. The Morgan fingerprint density at radius 2 is 2.20 bits per heavy atom. The van der Waals surface area contributed by atoms with Crippen molar-refractivity contribution in [1.82, 2.24) is 14.9 Å². The fourth-order valence-electron chi connectivity index (χ4n) is 2.17. The molecule has 0 unspecified atom stereocenters. The predicted molar refractivity (Wildman–Crippen MR) is 74.0 cm³/mol. The van der Waals surface area contributed by atoms with E-state index in [0.717, 1.165) is 25.8 Å². The van der Waals surface area contributed by atoms with Gasteiger partial charge in [-0.05, 0) is 25.9 Å². The molecule has 8 nitrogen and oxygen atoms in total. The molecule has 1 aromatic heterocycles. The largest absolute Gasteiger partial charge is 0.471 e. The van der Waals surface area contributed by atoms with Gasteiger partial charge in [-0.1, -0.05) is 6.42 Å². The first-order valence-corrected chi connectivity index (χ1v) is 6.75. The van der Waals surface area contributed by atoms with E-state index >= 15 is 0 Å². The molecule has 0 aliphatic carbocycles. The zero-order valence-corrected chi connectivity index (χ0v) is 11.5. The van der Waals surface area contributed by atoms with Crippen molar-refractivity contribution in [3.63, 3.8) is 0 Å². The molecule has 1 aliphatic heterocycles. The van der Waals surface area contributed by atoms with Crippen LogP contribution in [-0.4, -0.2) is 53.1 Å². The molecule has 0 spiro atoms. The number of rotatable bonds is 6. The maximum absolute atomic E-state index is 10.9. The lowest BCUT2D eigenvalue weighted by Gasteiger charge is -2.25. The van der Waals surface area contributed by atoms with E-state index in [-0.39, 0.29) is 11.6 Å². The molecular weight excluding hydrogens is 262 g/mol.